The minimum absolute atomic E-state index is 0.0896. The second kappa shape index (κ2) is 4.65. The van der Waals surface area contributed by atoms with Gasteiger partial charge in [-0.3, -0.25) is 0 Å². The Bertz CT molecular complexity index is 395. The Morgan fingerprint density at radius 3 is 2.60 bits per heavy atom. The molecule has 1 fully saturated rings. The van der Waals surface area contributed by atoms with E-state index in [1.807, 2.05) is 18.2 Å². The first-order valence-corrected chi connectivity index (χ1v) is 6.60. The van der Waals surface area contributed by atoms with E-state index < -0.39 is 0 Å². The molecule has 2 nitrogen and oxygen atoms in total. The predicted octanol–water partition coefficient (Wildman–Crippen LogP) is 1.58. The van der Waals surface area contributed by atoms with E-state index in [2.05, 4.69) is 19.1 Å². The van der Waals surface area contributed by atoms with Crippen LogP contribution < -0.4 is 4.46 Å². The molecule has 1 aliphatic rings. The maximum atomic E-state index is 11.0. The van der Waals surface area contributed by atoms with Crippen molar-refractivity contribution < 1.29 is 9.53 Å². The number of cyclic esters (lactones) is 1. The first-order chi connectivity index (χ1) is 7.25. The van der Waals surface area contributed by atoms with Gasteiger partial charge in [0.15, 0.2) is 0 Å². The van der Waals surface area contributed by atoms with Crippen LogP contribution in [0.15, 0.2) is 40.6 Å². The molecule has 0 aliphatic carbocycles. The Kier molecular flexibility index (Phi) is 3.24. The fourth-order valence-electron chi connectivity index (χ4n) is 1.43. The molecule has 78 valence electrons. The quantitative estimate of drug-likeness (QED) is 0.601. The Balaban J connectivity index is 2.09. The Morgan fingerprint density at radius 2 is 2.00 bits per heavy atom. The topological polar surface area (TPSA) is 26.3 Å². The van der Waals surface area contributed by atoms with Gasteiger partial charge in [-0.25, -0.2) is 0 Å². The van der Waals surface area contributed by atoms with E-state index in [0.29, 0.717) is 6.42 Å². The summed E-state index contributed by atoms with van der Waals surface area (Å²) in [5.74, 6) is 0.803. The Hall–Kier alpha value is -1.05. The molecule has 0 atom stereocenters. The summed E-state index contributed by atoms with van der Waals surface area (Å²) < 4.78 is 7.69. The number of hydrogen-bond donors (Lipinski definition) is 0. The number of allylic oxidation sites excluding steroid dienone is 2. The van der Waals surface area contributed by atoms with Crippen LogP contribution in [0.2, 0.25) is 0 Å². The van der Waals surface area contributed by atoms with Crippen molar-refractivity contribution in [3.63, 3.8) is 0 Å². The minimum atomic E-state index is -0.0896. The SMILES string of the molecule is C/C([Se]c1ccccc1)=C1/CCC(=O)O1. The number of carbonyl (C=O) groups excluding carboxylic acids is 1. The average Bonchev–Trinajstić information content (AvgIpc) is 2.66. The molecule has 2 rings (SSSR count). The third kappa shape index (κ3) is 2.71. The van der Waals surface area contributed by atoms with Crippen molar-refractivity contribution in [2.24, 2.45) is 0 Å². The van der Waals surface area contributed by atoms with Crippen molar-refractivity contribution in [3.05, 3.63) is 40.6 Å². The summed E-state index contributed by atoms with van der Waals surface area (Å²) in [5.41, 5.74) is 0. The summed E-state index contributed by atoms with van der Waals surface area (Å²) in [6.45, 7) is 2.06. The van der Waals surface area contributed by atoms with Gasteiger partial charge in [-0.2, -0.15) is 0 Å². The van der Waals surface area contributed by atoms with E-state index in [4.69, 9.17) is 4.74 Å². The number of benzene rings is 1. The van der Waals surface area contributed by atoms with Gasteiger partial charge >= 0.3 is 95.2 Å². The van der Waals surface area contributed by atoms with Gasteiger partial charge in [0.1, 0.15) is 0 Å². The standard InChI is InChI=1S/C12H12O2Se/c1-9(11-7-8-12(13)14-11)15-10-5-3-2-4-6-10/h2-6H,7-8H2,1H3/b11-9+. The van der Waals surface area contributed by atoms with Crippen molar-refractivity contribution in [2.45, 2.75) is 19.8 Å². The molecule has 0 bridgehead atoms. The summed E-state index contributed by atoms with van der Waals surface area (Å²) in [4.78, 5) is 11.0. The van der Waals surface area contributed by atoms with Crippen LogP contribution in [0.3, 0.4) is 0 Å². The van der Waals surface area contributed by atoms with Crippen LogP contribution in [0.25, 0.3) is 0 Å². The Morgan fingerprint density at radius 1 is 1.27 bits per heavy atom. The third-order valence-electron chi connectivity index (χ3n) is 2.20. The summed E-state index contributed by atoms with van der Waals surface area (Å²) in [7, 11) is 0. The fourth-order valence-corrected chi connectivity index (χ4v) is 3.32. The van der Waals surface area contributed by atoms with E-state index in [0.717, 1.165) is 12.2 Å². The van der Waals surface area contributed by atoms with Gasteiger partial charge in [0, 0.05) is 0 Å². The van der Waals surface area contributed by atoms with Crippen molar-refractivity contribution >= 4 is 25.4 Å². The zero-order valence-electron chi connectivity index (χ0n) is 8.53. The number of hydrogen-bond acceptors (Lipinski definition) is 2. The molecule has 0 spiro atoms. The van der Waals surface area contributed by atoms with E-state index in [-0.39, 0.29) is 20.9 Å². The molecule has 0 saturated carbocycles. The molecule has 15 heavy (non-hydrogen) atoms. The van der Waals surface area contributed by atoms with Crippen LogP contribution in [0, 0.1) is 0 Å². The number of rotatable bonds is 2. The van der Waals surface area contributed by atoms with Gasteiger partial charge in [-0.15, -0.1) is 0 Å². The molecule has 1 heterocycles. The molecule has 0 N–H and O–H groups in total. The van der Waals surface area contributed by atoms with Gasteiger partial charge in [0.25, 0.3) is 0 Å². The Labute approximate surface area is 95.5 Å². The normalized spacial score (nSPS) is 18.9. The molecule has 1 aromatic carbocycles. The molecule has 0 unspecified atom stereocenters. The molecule has 3 heteroatoms. The van der Waals surface area contributed by atoms with Crippen molar-refractivity contribution in [2.75, 3.05) is 0 Å². The zero-order chi connectivity index (χ0) is 10.7. The van der Waals surface area contributed by atoms with Gasteiger partial charge in [-0.1, -0.05) is 0 Å². The number of carbonyl (C=O) groups is 1. The predicted molar refractivity (Wildman–Crippen MR) is 59.9 cm³/mol. The van der Waals surface area contributed by atoms with Crippen LogP contribution in [0.1, 0.15) is 19.8 Å². The van der Waals surface area contributed by atoms with Crippen LogP contribution >= 0.6 is 0 Å². The van der Waals surface area contributed by atoms with E-state index in [1.54, 1.807) is 0 Å². The van der Waals surface area contributed by atoms with Gasteiger partial charge < -0.3 is 0 Å². The number of ether oxygens (including phenoxy) is 1. The first-order valence-electron chi connectivity index (χ1n) is 4.89. The van der Waals surface area contributed by atoms with Crippen molar-refractivity contribution in [3.8, 4) is 0 Å². The molecule has 0 amide bonds. The van der Waals surface area contributed by atoms with Crippen LogP contribution in [0.5, 0.6) is 0 Å². The van der Waals surface area contributed by atoms with Gasteiger partial charge in [0.05, 0.1) is 0 Å². The summed E-state index contributed by atoms with van der Waals surface area (Å²) in [6, 6.07) is 10.3. The molecule has 1 aliphatic heterocycles. The fraction of sp³-hybridized carbons (Fsp3) is 0.250. The molecule has 1 saturated heterocycles. The molecule has 1 aromatic rings. The molecular formula is C12H12O2Se. The molecule has 0 radical (unpaired) electrons. The van der Waals surface area contributed by atoms with Crippen molar-refractivity contribution in [1.29, 1.82) is 0 Å². The van der Waals surface area contributed by atoms with Crippen LogP contribution in [-0.4, -0.2) is 20.9 Å². The second-order valence-electron chi connectivity index (χ2n) is 3.37. The van der Waals surface area contributed by atoms with E-state index in [9.17, 15) is 4.79 Å². The average molecular weight is 267 g/mol. The summed E-state index contributed by atoms with van der Waals surface area (Å²) in [5, 5.41) is 0. The number of esters is 1. The maximum absolute atomic E-state index is 11.0. The zero-order valence-corrected chi connectivity index (χ0v) is 10.2. The van der Waals surface area contributed by atoms with Crippen molar-refractivity contribution in [1.82, 2.24) is 0 Å². The van der Waals surface area contributed by atoms with Crippen LogP contribution in [0.4, 0.5) is 0 Å². The van der Waals surface area contributed by atoms with E-state index in [1.165, 1.54) is 8.93 Å². The third-order valence-corrected chi connectivity index (χ3v) is 4.39. The second-order valence-corrected chi connectivity index (χ2v) is 6.07. The summed E-state index contributed by atoms with van der Waals surface area (Å²) in [6.07, 6.45) is 1.32. The monoisotopic (exact) mass is 268 g/mol. The summed E-state index contributed by atoms with van der Waals surface area (Å²) >= 11 is 0.279. The molecular weight excluding hydrogens is 255 g/mol. The van der Waals surface area contributed by atoms with Crippen LogP contribution in [-0.2, 0) is 9.53 Å². The van der Waals surface area contributed by atoms with Gasteiger partial charge in [0.2, 0.25) is 0 Å². The molecule has 0 aromatic heterocycles. The van der Waals surface area contributed by atoms with Gasteiger partial charge in [-0.05, 0) is 0 Å². The first kappa shape index (κ1) is 10.5. The van der Waals surface area contributed by atoms with E-state index >= 15 is 0 Å².